The summed E-state index contributed by atoms with van der Waals surface area (Å²) in [5, 5.41) is 18.5. The molecule has 2 N–H and O–H groups in total. The second-order valence-electron chi connectivity index (χ2n) is 5.32. The van der Waals surface area contributed by atoms with Crippen molar-refractivity contribution in [3.8, 4) is 5.75 Å². The lowest BCUT2D eigenvalue weighted by molar-refractivity contribution is -0.138. The number of nitrogens with zero attached hydrogens (tertiary/aromatic N) is 2. The van der Waals surface area contributed by atoms with Crippen LogP contribution >= 0.6 is 0 Å². The SMILES string of the molecule is Cc1ccc(C(=O)N2CCCN(CC(=O)O)CC2)cc1O. The number of rotatable bonds is 3. The number of carboxylic acids is 1. The van der Waals surface area contributed by atoms with E-state index in [9.17, 15) is 14.7 Å². The van der Waals surface area contributed by atoms with Gasteiger partial charge in [0.25, 0.3) is 5.91 Å². The Balaban J connectivity index is 2.02. The monoisotopic (exact) mass is 292 g/mol. The van der Waals surface area contributed by atoms with Crippen LogP contribution in [0.3, 0.4) is 0 Å². The number of aryl methyl sites for hydroxylation is 1. The average Bonchev–Trinajstić information content (AvgIpc) is 2.66. The van der Waals surface area contributed by atoms with Crippen LogP contribution in [0.5, 0.6) is 5.75 Å². The van der Waals surface area contributed by atoms with E-state index in [4.69, 9.17) is 5.11 Å². The number of aliphatic carboxylic acids is 1. The first kappa shape index (κ1) is 15.3. The normalized spacial score (nSPS) is 16.5. The molecule has 0 unspecified atom stereocenters. The van der Waals surface area contributed by atoms with Gasteiger partial charge < -0.3 is 15.1 Å². The van der Waals surface area contributed by atoms with Gasteiger partial charge in [-0.15, -0.1) is 0 Å². The molecule has 0 saturated carbocycles. The quantitative estimate of drug-likeness (QED) is 0.866. The Hall–Kier alpha value is -2.08. The minimum atomic E-state index is -0.849. The van der Waals surface area contributed by atoms with Crippen LogP contribution in [0.15, 0.2) is 18.2 Å². The van der Waals surface area contributed by atoms with Crippen molar-refractivity contribution >= 4 is 11.9 Å². The van der Waals surface area contributed by atoms with E-state index in [2.05, 4.69) is 0 Å². The van der Waals surface area contributed by atoms with Crippen LogP contribution in [-0.4, -0.2) is 64.6 Å². The summed E-state index contributed by atoms with van der Waals surface area (Å²) in [5.74, 6) is -0.858. The van der Waals surface area contributed by atoms with Crippen LogP contribution in [0, 0.1) is 6.92 Å². The maximum Gasteiger partial charge on any atom is 0.317 e. The van der Waals surface area contributed by atoms with E-state index in [0.717, 1.165) is 12.0 Å². The molecule has 21 heavy (non-hydrogen) atoms. The molecular formula is C15H20N2O4. The summed E-state index contributed by atoms with van der Waals surface area (Å²) in [4.78, 5) is 26.7. The Labute approximate surface area is 123 Å². The highest BCUT2D eigenvalue weighted by Crippen LogP contribution is 2.19. The molecule has 6 heteroatoms. The molecule has 1 heterocycles. The second kappa shape index (κ2) is 6.58. The number of phenols is 1. The van der Waals surface area contributed by atoms with Crippen LogP contribution in [0.2, 0.25) is 0 Å². The molecule has 0 aliphatic carbocycles. The number of hydrogen-bond acceptors (Lipinski definition) is 4. The summed E-state index contributed by atoms with van der Waals surface area (Å²) in [5.41, 5.74) is 1.19. The van der Waals surface area contributed by atoms with E-state index in [0.29, 0.717) is 31.7 Å². The van der Waals surface area contributed by atoms with Gasteiger partial charge in [-0.05, 0) is 31.0 Å². The fraction of sp³-hybridized carbons (Fsp3) is 0.467. The van der Waals surface area contributed by atoms with Crippen molar-refractivity contribution in [3.05, 3.63) is 29.3 Å². The van der Waals surface area contributed by atoms with Gasteiger partial charge in [-0.25, -0.2) is 0 Å². The van der Waals surface area contributed by atoms with Gasteiger partial charge in [-0.2, -0.15) is 0 Å². The van der Waals surface area contributed by atoms with Gasteiger partial charge in [-0.1, -0.05) is 6.07 Å². The van der Waals surface area contributed by atoms with Crippen molar-refractivity contribution < 1.29 is 19.8 Å². The van der Waals surface area contributed by atoms with Gasteiger partial charge in [0.1, 0.15) is 5.75 Å². The average molecular weight is 292 g/mol. The van der Waals surface area contributed by atoms with E-state index in [1.165, 1.54) is 6.07 Å². The Bertz CT molecular complexity index is 544. The Morgan fingerprint density at radius 1 is 1.19 bits per heavy atom. The Morgan fingerprint density at radius 2 is 1.95 bits per heavy atom. The first-order valence-corrected chi connectivity index (χ1v) is 7.00. The van der Waals surface area contributed by atoms with Gasteiger partial charge in [0.15, 0.2) is 0 Å². The third-order valence-corrected chi connectivity index (χ3v) is 3.69. The topological polar surface area (TPSA) is 81.1 Å². The van der Waals surface area contributed by atoms with Crippen molar-refractivity contribution in [2.75, 3.05) is 32.7 Å². The van der Waals surface area contributed by atoms with Crippen LogP contribution < -0.4 is 0 Å². The smallest absolute Gasteiger partial charge is 0.317 e. The number of carbonyl (C=O) groups is 2. The van der Waals surface area contributed by atoms with Gasteiger partial charge in [0.05, 0.1) is 6.54 Å². The molecule has 2 rings (SSSR count). The Kier molecular flexibility index (Phi) is 4.80. The van der Waals surface area contributed by atoms with Crippen molar-refractivity contribution in [2.45, 2.75) is 13.3 Å². The van der Waals surface area contributed by atoms with E-state index in [1.54, 1.807) is 24.0 Å². The minimum absolute atomic E-state index is 0.00729. The molecule has 0 radical (unpaired) electrons. The molecule has 0 atom stereocenters. The van der Waals surface area contributed by atoms with Gasteiger partial charge >= 0.3 is 5.97 Å². The summed E-state index contributed by atoms with van der Waals surface area (Å²) >= 11 is 0. The third-order valence-electron chi connectivity index (χ3n) is 3.69. The van der Waals surface area contributed by atoms with Gasteiger partial charge in [0, 0.05) is 31.7 Å². The largest absolute Gasteiger partial charge is 0.508 e. The minimum Gasteiger partial charge on any atom is -0.508 e. The number of carboxylic acid groups (broad SMARTS) is 1. The highest BCUT2D eigenvalue weighted by atomic mass is 16.4. The molecule has 1 fully saturated rings. The van der Waals surface area contributed by atoms with E-state index < -0.39 is 5.97 Å². The molecule has 0 spiro atoms. The highest BCUT2D eigenvalue weighted by Gasteiger charge is 2.21. The lowest BCUT2D eigenvalue weighted by Gasteiger charge is -2.21. The molecular weight excluding hydrogens is 272 g/mol. The Morgan fingerprint density at radius 3 is 2.62 bits per heavy atom. The highest BCUT2D eigenvalue weighted by molar-refractivity contribution is 5.94. The van der Waals surface area contributed by atoms with Crippen molar-refractivity contribution in [2.24, 2.45) is 0 Å². The molecule has 0 aromatic heterocycles. The summed E-state index contributed by atoms with van der Waals surface area (Å²) in [6.07, 6.45) is 0.747. The van der Waals surface area contributed by atoms with E-state index >= 15 is 0 Å². The lowest BCUT2D eigenvalue weighted by Crippen LogP contribution is -2.36. The van der Waals surface area contributed by atoms with Crippen LogP contribution in [0.25, 0.3) is 0 Å². The molecule has 1 saturated heterocycles. The molecule has 114 valence electrons. The summed E-state index contributed by atoms with van der Waals surface area (Å²) in [6, 6.07) is 4.91. The molecule has 1 aliphatic heterocycles. The molecule has 6 nitrogen and oxygen atoms in total. The van der Waals surface area contributed by atoms with Crippen LogP contribution in [0.1, 0.15) is 22.3 Å². The summed E-state index contributed by atoms with van der Waals surface area (Å²) in [7, 11) is 0. The number of carbonyl (C=O) groups excluding carboxylic acids is 1. The predicted molar refractivity (Wildman–Crippen MR) is 77.4 cm³/mol. The zero-order chi connectivity index (χ0) is 15.4. The van der Waals surface area contributed by atoms with E-state index in [1.807, 2.05) is 4.90 Å². The summed E-state index contributed by atoms with van der Waals surface area (Å²) < 4.78 is 0. The summed E-state index contributed by atoms with van der Waals surface area (Å²) in [6.45, 7) is 4.11. The van der Waals surface area contributed by atoms with Crippen molar-refractivity contribution in [1.29, 1.82) is 0 Å². The van der Waals surface area contributed by atoms with E-state index in [-0.39, 0.29) is 18.2 Å². The zero-order valence-electron chi connectivity index (χ0n) is 12.1. The molecule has 1 aliphatic rings. The maximum atomic E-state index is 12.4. The fourth-order valence-corrected chi connectivity index (χ4v) is 2.45. The molecule has 1 aromatic rings. The van der Waals surface area contributed by atoms with Gasteiger partial charge in [-0.3, -0.25) is 14.5 Å². The van der Waals surface area contributed by atoms with Crippen LogP contribution in [-0.2, 0) is 4.79 Å². The molecule has 0 bridgehead atoms. The zero-order valence-corrected chi connectivity index (χ0v) is 12.1. The number of phenolic OH excluding ortho intramolecular Hbond substituents is 1. The standard InChI is InChI=1S/C15H20N2O4/c1-11-3-4-12(9-13(11)18)15(21)17-6-2-5-16(7-8-17)10-14(19)20/h3-4,9,18H,2,5-8,10H2,1H3,(H,19,20). The number of aromatic hydroxyl groups is 1. The van der Waals surface area contributed by atoms with Crippen molar-refractivity contribution in [1.82, 2.24) is 9.80 Å². The maximum absolute atomic E-state index is 12.4. The van der Waals surface area contributed by atoms with Crippen LogP contribution in [0.4, 0.5) is 0 Å². The fourth-order valence-electron chi connectivity index (χ4n) is 2.45. The lowest BCUT2D eigenvalue weighted by atomic mass is 10.1. The number of amides is 1. The molecule has 1 aromatic carbocycles. The number of hydrogen-bond donors (Lipinski definition) is 2. The first-order valence-electron chi connectivity index (χ1n) is 7.00. The first-order chi connectivity index (χ1) is 9.97. The van der Waals surface area contributed by atoms with Crippen molar-refractivity contribution in [3.63, 3.8) is 0 Å². The predicted octanol–water partition coefficient (Wildman–Crippen LogP) is 0.933. The molecule has 1 amide bonds. The second-order valence-corrected chi connectivity index (χ2v) is 5.32. The third kappa shape index (κ3) is 3.95. The number of benzene rings is 1. The van der Waals surface area contributed by atoms with Gasteiger partial charge in [0.2, 0.25) is 0 Å².